The number of carbonyl (C=O) groups is 1. The first-order valence-electron chi connectivity index (χ1n) is 7.70. The van der Waals surface area contributed by atoms with E-state index in [0.29, 0.717) is 18.1 Å². The second kappa shape index (κ2) is 8.63. The molecule has 0 aliphatic rings. The minimum Gasteiger partial charge on any atom is -0.493 e. The number of hydrogen-bond donors (Lipinski definition) is 1. The van der Waals surface area contributed by atoms with Gasteiger partial charge >= 0.3 is 0 Å². The van der Waals surface area contributed by atoms with Gasteiger partial charge in [0.2, 0.25) is 0 Å². The van der Waals surface area contributed by atoms with Gasteiger partial charge in [-0.2, -0.15) is 11.8 Å². The fourth-order valence-electron chi connectivity index (χ4n) is 2.02. The van der Waals surface area contributed by atoms with Crippen molar-refractivity contribution in [2.45, 2.75) is 19.6 Å². The Morgan fingerprint density at radius 2 is 1.74 bits per heavy atom. The first-order chi connectivity index (χ1) is 11.1. The van der Waals surface area contributed by atoms with Gasteiger partial charge in [0, 0.05) is 17.0 Å². The molecular weight excluding hydrogens is 306 g/mol. The zero-order valence-corrected chi connectivity index (χ0v) is 14.7. The molecule has 0 heterocycles. The van der Waals surface area contributed by atoms with Crippen LogP contribution in [0.2, 0.25) is 0 Å². The van der Waals surface area contributed by atoms with E-state index in [-0.39, 0.29) is 5.91 Å². The van der Waals surface area contributed by atoms with E-state index < -0.39 is 0 Å². The molecule has 0 saturated heterocycles. The average molecular weight is 329 g/mol. The van der Waals surface area contributed by atoms with Gasteiger partial charge in [0.25, 0.3) is 5.91 Å². The highest BCUT2D eigenvalue weighted by atomic mass is 32.2. The van der Waals surface area contributed by atoms with Crippen molar-refractivity contribution in [2.75, 3.05) is 18.2 Å². The zero-order chi connectivity index (χ0) is 16.7. The van der Waals surface area contributed by atoms with Gasteiger partial charge in [0.05, 0.1) is 6.61 Å². The quantitative estimate of drug-likeness (QED) is 0.790. The number of rotatable bonds is 7. The SMILES string of the molecule is CSCc1ccc(C(=O)Nc2ccc(OCC(C)C)cc2)cc1. The van der Waals surface area contributed by atoms with E-state index in [9.17, 15) is 4.79 Å². The summed E-state index contributed by atoms with van der Waals surface area (Å²) in [4.78, 5) is 12.2. The monoisotopic (exact) mass is 329 g/mol. The minimum atomic E-state index is -0.100. The molecule has 2 aromatic carbocycles. The molecule has 1 amide bonds. The molecule has 0 spiro atoms. The molecule has 2 rings (SSSR count). The molecule has 23 heavy (non-hydrogen) atoms. The minimum absolute atomic E-state index is 0.100. The summed E-state index contributed by atoms with van der Waals surface area (Å²) in [5.41, 5.74) is 2.65. The number of carbonyl (C=O) groups excluding carboxylic acids is 1. The first kappa shape index (κ1) is 17.4. The lowest BCUT2D eigenvalue weighted by Crippen LogP contribution is -2.11. The number of hydrogen-bond acceptors (Lipinski definition) is 3. The molecule has 3 nitrogen and oxygen atoms in total. The number of amides is 1. The summed E-state index contributed by atoms with van der Waals surface area (Å²) in [5.74, 6) is 2.16. The molecule has 0 atom stereocenters. The van der Waals surface area contributed by atoms with Gasteiger partial charge in [-0.3, -0.25) is 4.79 Å². The highest BCUT2D eigenvalue weighted by Gasteiger charge is 2.06. The molecule has 4 heteroatoms. The first-order valence-corrected chi connectivity index (χ1v) is 9.10. The van der Waals surface area contributed by atoms with Crippen LogP contribution in [0.25, 0.3) is 0 Å². The Bertz CT molecular complexity index is 621. The summed E-state index contributed by atoms with van der Waals surface area (Å²) in [6.07, 6.45) is 2.06. The number of anilines is 1. The third-order valence-electron chi connectivity index (χ3n) is 3.22. The van der Waals surface area contributed by atoms with Gasteiger partial charge in [0.15, 0.2) is 0 Å². The van der Waals surface area contributed by atoms with Crippen LogP contribution in [-0.2, 0) is 5.75 Å². The van der Waals surface area contributed by atoms with Crippen LogP contribution < -0.4 is 10.1 Å². The van der Waals surface area contributed by atoms with Crippen LogP contribution in [0.1, 0.15) is 29.8 Å². The molecule has 0 aliphatic heterocycles. The maximum Gasteiger partial charge on any atom is 0.255 e. The van der Waals surface area contributed by atoms with Crippen molar-refractivity contribution in [1.29, 1.82) is 0 Å². The zero-order valence-electron chi connectivity index (χ0n) is 13.8. The Morgan fingerprint density at radius 1 is 1.09 bits per heavy atom. The van der Waals surface area contributed by atoms with Crippen molar-refractivity contribution in [3.8, 4) is 5.75 Å². The normalized spacial score (nSPS) is 10.6. The van der Waals surface area contributed by atoms with Crippen molar-refractivity contribution in [3.63, 3.8) is 0 Å². The molecule has 0 saturated carbocycles. The van der Waals surface area contributed by atoms with E-state index in [1.165, 1.54) is 5.56 Å². The van der Waals surface area contributed by atoms with Crippen molar-refractivity contribution in [2.24, 2.45) is 5.92 Å². The lowest BCUT2D eigenvalue weighted by atomic mass is 10.1. The molecule has 122 valence electrons. The molecule has 2 aromatic rings. The topological polar surface area (TPSA) is 38.3 Å². The number of nitrogens with one attached hydrogen (secondary N) is 1. The van der Waals surface area contributed by atoms with Crippen molar-refractivity contribution in [1.82, 2.24) is 0 Å². The van der Waals surface area contributed by atoms with Gasteiger partial charge in [-0.1, -0.05) is 26.0 Å². The van der Waals surface area contributed by atoms with Crippen LogP contribution in [0, 0.1) is 5.92 Å². The van der Waals surface area contributed by atoms with Crippen LogP contribution in [0.3, 0.4) is 0 Å². The van der Waals surface area contributed by atoms with Crippen molar-refractivity contribution < 1.29 is 9.53 Å². The van der Waals surface area contributed by atoms with Crippen LogP contribution in [0.5, 0.6) is 5.75 Å². The third kappa shape index (κ3) is 5.64. The molecule has 0 bridgehead atoms. The standard InChI is InChI=1S/C19H23NO2S/c1-14(2)12-22-18-10-8-17(9-11-18)20-19(21)16-6-4-15(5-7-16)13-23-3/h4-11,14H,12-13H2,1-3H3,(H,20,21). The fourth-order valence-corrected chi connectivity index (χ4v) is 2.55. The number of thioether (sulfide) groups is 1. The Balaban J connectivity index is 1.94. The Morgan fingerprint density at radius 3 is 2.30 bits per heavy atom. The van der Waals surface area contributed by atoms with Crippen LogP contribution in [0.15, 0.2) is 48.5 Å². The predicted octanol–water partition coefficient (Wildman–Crippen LogP) is 4.84. The van der Waals surface area contributed by atoms with E-state index in [1.807, 2.05) is 48.5 Å². The van der Waals surface area contributed by atoms with Crippen LogP contribution in [-0.4, -0.2) is 18.8 Å². The summed E-state index contributed by atoms with van der Waals surface area (Å²) in [6, 6.07) is 15.2. The highest BCUT2D eigenvalue weighted by molar-refractivity contribution is 7.97. The molecule has 0 aliphatic carbocycles. The number of benzene rings is 2. The van der Waals surface area contributed by atoms with Gasteiger partial charge in [-0.05, 0) is 54.1 Å². The number of ether oxygens (including phenoxy) is 1. The predicted molar refractivity (Wildman–Crippen MR) is 98.4 cm³/mol. The smallest absolute Gasteiger partial charge is 0.255 e. The van der Waals surface area contributed by atoms with E-state index >= 15 is 0 Å². The lowest BCUT2D eigenvalue weighted by Gasteiger charge is -2.10. The lowest BCUT2D eigenvalue weighted by molar-refractivity contribution is 0.102. The average Bonchev–Trinajstić information content (AvgIpc) is 2.55. The summed E-state index contributed by atoms with van der Waals surface area (Å²) < 4.78 is 5.63. The molecule has 0 fully saturated rings. The maximum absolute atomic E-state index is 12.2. The van der Waals surface area contributed by atoms with E-state index in [2.05, 4.69) is 25.4 Å². The molecule has 0 radical (unpaired) electrons. The molecule has 1 N–H and O–H groups in total. The second-order valence-electron chi connectivity index (χ2n) is 5.81. The summed E-state index contributed by atoms with van der Waals surface area (Å²) >= 11 is 1.77. The Labute approximate surface area is 142 Å². The van der Waals surface area contributed by atoms with Crippen molar-refractivity contribution in [3.05, 3.63) is 59.7 Å². The molecular formula is C19H23NO2S. The summed E-state index contributed by atoms with van der Waals surface area (Å²) in [6.45, 7) is 4.91. The third-order valence-corrected chi connectivity index (χ3v) is 3.84. The van der Waals surface area contributed by atoms with Gasteiger partial charge in [0.1, 0.15) is 5.75 Å². The molecule has 0 aromatic heterocycles. The van der Waals surface area contributed by atoms with Gasteiger partial charge in [-0.25, -0.2) is 0 Å². The fraction of sp³-hybridized carbons (Fsp3) is 0.316. The van der Waals surface area contributed by atoms with Crippen LogP contribution in [0.4, 0.5) is 5.69 Å². The van der Waals surface area contributed by atoms with E-state index in [1.54, 1.807) is 11.8 Å². The maximum atomic E-state index is 12.2. The van der Waals surface area contributed by atoms with E-state index in [4.69, 9.17) is 4.74 Å². The Kier molecular flexibility index (Phi) is 6.53. The van der Waals surface area contributed by atoms with Crippen LogP contribution >= 0.6 is 11.8 Å². The highest BCUT2D eigenvalue weighted by Crippen LogP contribution is 2.18. The Hall–Kier alpha value is -1.94. The second-order valence-corrected chi connectivity index (χ2v) is 6.68. The van der Waals surface area contributed by atoms with Crippen molar-refractivity contribution >= 4 is 23.4 Å². The summed E-state index contributed by atoms with van der Waals surface area (Å²) in [7, 11) is 0. The van der Waals surface area contributed by atoms with Gasteiger partial charge < -0.3 is 10.1 Å². The molecule has 0 unspecified atom stereocenters. The van der Waals surface area contributed by atoms with Gasteiger partial charge in [-0.15, -0.1) is 0 Å². The summed E-state index contributed by atoms with van der Waals surface area (Å²) in [5, 5.41) is 2.90. The largest absolute Gasteiger partial charge is 0.493 e. The van der Waals surface area contributed by atoms with E-state index in [0.717, 1.165) is 17.2 Å².